The summed E-state index contributed by atoms with van der Waals surface area (Å²) in [7, 11) is 0. The van der Waals surface area contributed by atoms with Gasteiger partial charge in [-0.05, 0) is 38.5 Å². The molecule has 3 unspecified atom stereocenters. The van der Waals surface area contributed by atoms with E-state index in [9.17, 15) is 5.11 Å². The van der Waals surface area contributed by atoms with E-state index >= 15 is 0 Å². The Balaban J connectivity index is 2.53. The summed E-state index contributed by atoms with van der Waals surface area (Å²) in [6.07, 6.45) is 5.96. The number of hydrogen-bond donors (Lipinski definition) is 1. The molecule has 2 nitrogen and oxygen atoms in total. The lowest BCUT2D eigenvalue weighted by atomic mass is 9.74. The Labute approximate surface area is 86.9 Å². The quantitative estimate of drug-likeness (QED) is 0.752. The monoisotopic (exact) mass is 195 g/mol. The zero-order chi connectivity index (χ0) is 10.6. The summed E-state index contributed by atoms with van der Waals surface area (Å²) in [4.78, 5) is 0. The highest BCUT2D eigenvalue weighted by Gasteiger charge is 2.31. The van der Waals surface area contributed by atoms with Crippen molar-refractivity contribution >= 4 is 0 Å². The number of nitriles is 1. The second-order valence-corrected chi connectivity index (χ2v) is 4.84. The Morgan fingerprint density at radius 3 is 2.57 bits per heavy atom. The van der Waals surface area contributed by atoms with Crippen molar-refractivity contribution in [3.8, 4) is 6.07 Å². The second kappa shape index (κ2) is 4.79. The summed E-state index contributed by atoms with van der Waals surface area (Å²) >= 11 is 0. The van der Waals surface area contributed by atoms with Crippen LogP contribution in [0.2, 0.25) is 0 Å². The molecule has 0 spiro atoms. The lowest BCUT2D eigenvalue weighted by Crippen LogP contribution is -2.29. The van der Waals surface area contributed by atoms with E-state index in [1.807, 2.05) is 6.92 Å². The molecule has 1 aliphatic carbocycles. The standard InChI is InChI=1S/C12H21NO/c1-3-12(2,9-13)8-10-6-4-5-7-11(10)14/h10-11,14H,3-8H2,1-2H3. The van der Waals surface area contributed by atoms with Crippen LogP contribution in [0.4, 0.5) is 0 Å². The fourth-order valence-electron chi connectivity index (χ4n) is 2.27. The van der Waals surface area contributed by atoms with Crippen molar-refractivity contribution in [2.24, 2.45) is 11.3 Å². The van der Waals surface area contributed by atoms with Gasteiger partial charge in [-0.1, -0.05) is 19.8 Å². The van der Waals surface area contributed by atoms with Crippen LogP contribution in [-0.2, 0) is 0 Å². The molecule has 3 atom stereocenters. The van der Waals surface area contributed by atoms with Crippen molar-refractivity contribution in [3.63, 3.8) is 0 Å². The Bertz CT molecular complexity index is 221. The first-order chi connectivity index (χ1) is 6.61. The third kappa shape index (κ3) is 2.72. The highest BCUT2D eigenvalue weighted by atomic mass is 16.3. The van der Waals surface area contributed by atoms with E-state index in [0.717, 1.165) is 32.1 Å². The molecular weight excluding hydrogens is 174 g/mol. The maximum atomic E-state index is 9.81. The van der Waals surface area contributed by atoms with Crippen molar-refractivity contribution in [1.82, 2.24) is 0 Å². The highest BCUT2D eigenvalue weighted by Crippen LogP contribution is 2.36. The second-order valence-electron chi connectivity index (χ2n) is 4.84. The van der Waals surface area contributed by atoms with Gasteiger partial charge in [0.1, 0.15) is 0 Å². The predicted molar refractivity (Wildman–Crippen MR) is 56.6 cm³/mol. The van der Waals surface area contributed by atoms with Crippen LogP contribution in [0.15, 0.2) is 0 Å². The van der Waals surface area contributed by atoms with Crippen LogP contribution in [0.3, 0.4) is 0 Å². The van der Waals surface area contributed by atoms with E-state index in [1.165, 1.54) is 6.42 Å². The van der Waals surface area contributed by atoms with Crippen LogP contribution in [-0.4, -0.2) is 11.2 Å². The molecule has 1 rings (SSSR count). The molecule has 14 heavy (non-hydrogen) atoms. The van der Waals surface area contributed by atoms with Crippen molar-refractivity contribution in [2.75, 3.05) is 0 Å². The van der Waals surface area contributed by atoms with E-state index in [2.05, 4.69) is 13.0 Å². The average Bonchev–Trinajstić information content (AvgIpc) is 2.21. The van der Waals surface area contributed by atoms with Gasteiger partial charge in [0.05, 0.1) is 17.6 Å². The van der Waals surface area contributed by atoms with E-state index in [1.54, 1.807) is 0 Å². The fraction of sp³-hybridized carbons (Fsp3) is 0.917. The maximum Gasteiger partial charge on any atom is 0.0686 e. The van der Waals surface area contributed by atoms with Gasteiger partial charge in [0.2, 0.25) is 0 Å². The minimum Gasteiger partial charge on any atom is -0.393 e. The van der Waals surface area contributed by atoms with Crippen LogP contribution < -0.4 is 0 Å². The first kappa shape index (κ1) is 11.5. The fourth-order valence-corrected chi connectivity index (χ4v) is 2.27. The molecule has 0 aromatic heterocycles. The molecule has 1 aliphatic rings. The molecule has 0 saturated heterocycles. The molecule has 0 aromatic carbocycles. The van der Waals surface area contributed by atoms with E-state index in [4.69, 9.17) is 5.26 Å². The van der Waals surface area contributed by atoms with Gasteiger partial charge in [0.15, 0.2) is 0 Å². The Morgan fingerprint density at radius 1 is 1.43 bits per heavy atom. The number of hydrogen-bond acceptors (Lipinski definition) is 2. The van der Waals surface area contributed by atoms with Gasteiger partial charge in [-0.15, -0.1) is 0 Å². The zero-order valence-electron chi connectivity index (χ0n) is 9.29. The summed E-state index contributed by atoms with van der Waals surface area (Å²) in [5.74, 6) is 0.355. The molecule has 1 fully saturated rings. The van der Waals surface area contributed by atoms with Crippen LogP contribution in [0.25, 0.3) is 0 Å². The lowest BCUT2D eigenvalue weighted by molar-refractivity contribution is 0.0492. The molecule has 1 saturated carbocycles. The van der Waals surface area contributed by atoms with Crippen LogP contribution in [0.1, 0.15) is 52.4 Å². The lowest BCUT2D eigenvalue weighted by Gasteiger charge is -2.32. The molecule has 0 aliphatic heterocycles. The first-order valence-electron chi connectivity index (χ1n) is 5.70. The topological polar surface area (TPSA) is 44.0 Å². The van der Waals surface area contributed by atoms with Crippen LogP contribution in [0.5, 0.6) is 0 Å². The third-order valence-corrected chi connectivity index (χ3v) is 3.63. The van der Waals surface area contributed by atoms with E-state index < -0.39 is 0 Å². The van der Waals surface area contributed by atoms with E-state index in [0.29, 0.717) is 5.92 Å². The van der Waals surface area contributed by atoms with Gasteiger partial charge in [-0.25, -0.2) is 0 Å². The summed E-state index contributed by atoms with van der Waals surface area (Å²) in [6, 6.07) is 2.38. The van der Waals surface area contributed by atoms with Gasteiger partial charge >= 0.3 is 0 Å². The number of nitrogens with zero attached hydrogens (tertiary/aromatic N) is 1. The molecule has 2 heteroatoms. The van der Waals surface area contributed by atoms with Crippen molar-refractivity contribution in [2.45, 2.75) is 58.5 Å². The Hall–Kier alpha value is -0.550. The molecule has 0 amide bonds. The Kier molecular flexibility index (Phi) is 3.95. The summed E-state index contributed by atoms with van der Waals surface area (Å²) in [5, 5.41) is 18.9. The van der Waals surface area contributed by atoms with Crippen molar-refractivity contribution < 1.29 is 5.11 Å². The first-order valence-corrected chi connectivity index (χ1v) is 5.70. The molecule has 0 heterocycles. The molecular formula is C12H21NO. The summed E-state index contributed by atoms with van der Waals surface area (Å²) < 4.78 is 0. The number of rotatable bonds is 3. The van der Waals surface area contributed by atoms with Crippen molar-refractivity contribution in [3.05, 3.63) is 0 Å². The average molecular weight is 195 g/mol. The zero-order valence-corrected chi connectivity index (χ0v) is 9.29. The normalized spacial score (nSPS) is 31.9. The maximum absolute atomic E-state index is 9.81. The van der Waals surface area contributed by atoms with Gasteiger partial charge in [-0.2, -0.15) is 5.26 Å². The predicted octanol–water partition coefficient (Wildman–Crippen LogP) is 2.87. The number of aliphatic hydroxyl groups is 1. The largest absolute Gasteiger partial charge is 0.393 e. The highest BCUT2D eigenvalue weighted by molar-refractivity contribution is 4.97. The summed E-state index contributed by atoms with van der Waals surface area (Å²) in [5.41, 5.74) is -0.233. The molecule has 0 aromatic rings. The molecule has 80 valence electrons. The Morgan fingerprint density at radius 2 is 2.07 bits per heavy atom. The molecule has 0 radical (unpaired) electrons. The van der Waals surface area contributed by atoms with Gasteiger partial charge in [0, 0.05) is 0 Å². The summed E-state index contributed by atoms with van der Waals surface area (Å²) in [6.45, 7) is 4.06. The van der Waals surface area contributed by atoms with Crippen LogP contribution in [0, 0.1) is 22.7 Å². The SMILES string of the molecule is CCC(C)(C#N)CC1CCCCC1O. The molecule has 0 bridgehead atoms. The minimum absolute atomic E-state index is 0.164. The van der Waals surface area contributed by atoms with Gasteiger partial charge < -0.3 is 5.11 Å². The smallest absolute Gasteiger partial charge is 0.0686 e. The van der Waals surface area contributed by atoms with E-state index in [-0.39, 0.29) is 11.5 Å². The van der Waals surface area contributed by atoms with Crippen LogP contribution >= 0.6 is 0 Å². The van der Waals surface area contributed by atoms with Gasteiger partial charge in [-0.3, -0.25) is 0 Å². The number of aliphatic hydroxyl groups excluding tert-OH is 1. The molecule has 1 N–H and O–H groups in total. The van der Waals surface area contributed by atoms with Crippen molar-refractivity contribution in [1.29, 1.82) is 5.26 Å². The third-order valence-electron chi connectivity index (χ3n) is 3.63. The van der Waals surface area contributed by atoms with Gasteiger partial charge in [0.25, 0.3) is 0 Å². The minimum atomic E-state index is -0.233.